The molecular weight excluding hydrogens is 256 g/mol. The number of anilines is 1. The van der Waals surface area contributed by atoms with E-state index in [1.165, 1.54) is 36.9 Å². The fraction of sp³-hybridized carbons (Fsp3) is 0.625. The third-order valence-corrected chi connectivity index (χ3v) is 4.01. The minimum Gasteiger partial charge on any atom is -0.370 e. The minimum atomic E-state index is 0.734. The molecule has 1 aliphatic carbocycles. The molecule has 0 heterocycles. The van der Waals surface area contributed by atoms with Crippen LogP contribution in [-0.2, 0) is 6.54 Å². The number of hydrogen-bond donors (Lipinski definition) is 1. The molecule has 1 N–H and O–H groups in total. The van der Waals surface area contributed by atoms with Crippen LogP contribution in [0.3, 0.4) is 0 Å². The molecule has 0 amide bonds. The molecule has 0 unspecified atom stereocenters. The zero-order chi connectivity index (χ0) is 13.7. The fourth-order valence-electron chi connectivity index (χ4n) is 2.38. The lowest BCUT2D eigenvalue weighted by molar-refractivity contribution is 0.678. The number of halogens is 1. The maximum atomic E-state index is 6.44. The summed E-state index contributed by atoms with van der Waals surface area (Å²) < 4.78 is 0. The Morgan fingerprint density at radius 3 is 2.74 bits per heavy atom. The van der Waals surface area contributed by atoms with Gasteiger partial charge < -0.3 is 10.2 Å². The predicted molar refractivity (Wildman–Crippen MR) is 84.1 cm³/mol. The van der Waals surface area contributed by atoms with Crippen LogP contribution >= 0.6 is 11.6 Å². The maximum Gasteiger partial charge on any atom is 0.0642 e. The third kappa shape index (κ3) is 4.12. The van der Waals surface area contributed by atoms with Gasteiger partial charge in [-0.3, -0.25) is 0 Å². The van der Waals surface area contributed by atoms with Crippen LogP contribution in [0, 0.1) is 0 Å². The van der Waals surface area contributed by atoms with Gasteiger partial charge in [0.05, 0.1) is 10.7 Å². The molecule has 1 aromatic carbocycles. The van der Waals surface area contributed by atoms with E-state index in [-0.39, 0.29) is 0 Å². The summed E-state index contributed by atoms with van der Waals surface area (Å²) in [5.74, 6) is 0. The summed E-state index contributed by atoms with van der Waals surface area (Å²) in [5.41, 5.74) is 2.56. The molecule has 0 saturated heterocycles. The summed E-state index contributed by atoms with van der Waals surface area (Å²) in [5, 5.41) is 4.47. The average molecular weight is 281 g/mol. The normalized spacial score (nSPS) is 14.7. The van der Waals surface area contributed by atoms with Gasteiger partial charge in [-0.2, -0.15) is 0 Å². The smallest absolute Gasteiger partial charge is 0.0642 e. The molecule has 1 aromatic rings. The lowest BCUT2D eigenvalue weighted by atomic mass is 10.1. The first kappa shape index (κ1) is 14.7. The average Bonchev–Trinajstić information content (AvgIpc) is 3.23. The Kier molecular flexibility index (Phi) is 5.53. The zero-order valence-corrected chi connectivity index (χ0v) is 12.8. The van der Waals surface area contributed by atoms with E-state index in [0.717, 1.165) is 30.7 Å². The largest absolute Gasteiger partial charge is 0.370 e. The molecular formula is C16H25ClN2. The minimum absolute atomic E-state index is 0.734. The van der Waals surface area contributed by atoms with Crippen molar-refractivity contribution >= 4 is 17.3 Å². The van der Waals surface area contributed by atoms with Gasteiger partial charge in [-0.05, 0) is 37.8 Å². The van der Waals surface area contributed by atoms with Gasteiger partial charge in [-0.1, -0.05) is 37.1 Å². The van der Waals surface area contributed by atoms with Gasteiger partial charge in [0, 0.05) is 25.7 Å². The second-order valence-electron chi connectivity index (χ2n) is 5.34. The van der Waals surface area contributed by atoms with E-state index in [2.05, 4.69) is 36.2 Å². The van der Waals surface area contributed by atoms with E-state index in [1.807, 2.05) is 6.07 Å². The highest BCUT2D eigenvalue weighted by Crippen LogP contribution is 2.31. The van der Waals surface area contributed by atoms with Crippen LogP contribution < -0.4 is 10.2 Å². The van der Waals surface area contributed by atoms with Crippen molar-refractivity contribution in [2.45, 2.75) is 52.1 Å². The second kappa shape index (κ2) is 7.16. The molecule has 0 aromatic heterocycles. The number of para-hydroxylation sites is 1. The van der Waals surface area contributed by atoms with Crippen molar-refractivity contribution in [1.82, 2.24) is 5.32 Å². The van der Waals surface area contributed by atoms with Gasteiger partial charge >= 0.3 is 0 Å². The lowest BCUT2D eigenvalue weighted by Crippen LogP contribution is -2.27. The van der Waals surface area contributed by atoms with Gasteiger partial charge in [0.15, 0.2) is 0 Å². The maximum absolute atomic E-state index is 6.44. The molecule has 1 saturated carbocycles. The SMILES string of the molecule is CCCCN(CC)c1c(Cl)cccc1CNC1CC1. The second-order valence-corrected chi connectivity index (χ2v) is 5.74. The Morgan fingerprint density at radius 1 is 1.32 bits per heavy atom. The molecule has 106 valence electrons. The van der Waals surface area contributed by atoms with Crippen molar-refractivity contribution in [2.75, 3.05) is 18.0 Å². The summed E-state index contributed by atoms with van der Waals surface area (Å²) in [6.45, 7) is 7.48. The Labute approximate surface area is 122 Å². The van der Waals surface area contributed by atoms with Crippen molar-refractivity contribution < 1.29 is 0 Å². The quantitative estimate of drug-likeness (QED) is 0.767. The van der Waals surface area contributed by atoms with Gasteiger partial charge in [0.25, 0.3) is 0 Å². The first-order chi connectivity index (χ1) is 9.26. The molecule has 0 aliphatic heterocycles. The molecule has 2 rings (SSSR count). The van der Waals surface area contributed by atoms with Gasteiger partial charge in [0.1, 0.15) is 0 Å². The number of nitrogens with one attached hydrogen (secondary N) is 1. The van der Waals surface area contributed by atoms with E-state index in [0.29, 0.717) is 0 Å². The zero-order valence-electron chi connectivity index (χ0n) is 12.1. The molecule has 19 heavy (non-hydrogen) atoms. The van der Waals surface area contributed by atoms with Crippen LogP contribution in [0.15, 0.2) is 18.2 Å². The number of hydrogen-bond acceptors (Lipinski definition) is 2. The Hall–Kier alpha value is -0.730. The van der Waals surface area contributed by atoms with E-state index in [4.69, 9.17) is 11.6 Å². The molecule has 0 radical (unpaired) electrons. The predicted octanol–water partition coefficient (Wildman–Crippen LogP) is 4.22. The van der Waals surface area contributed by atoms with Gasteiger partial charge in [-0.25, -0.2) is 0 Å². The van der Waals surface area contributed by atoms with Crippen molar-refractivity contribution in [1.29, 1.82) is 0 Å². The first-order valence-corrected chi connectivity index (χ1v) is 7.89. The van der Waals surface area contributed by atoms with Crippen LogP contribution in [-0.4, -0.2) is 19.1 Å². The van der Waals surface area contributed by atoms with Crippen molar-refractivity contribution in [3.8, 4) is 0 Å². The van der Waals surface area contributed by atoms with Crippen LogP contribution in [0.5, 0.6) is 0 Å². The number of unbranched alkanes of at least 4 members (excludes halogenated alkanes) is 1. The standard InChI is InChI=1S/C16H25ClN2/c1-3-5-11-19(4-2)16-13(7-6-8-15(16)17)12-18-14-9-10-14/h6-8,14,18H,3-5,9-12H2,1-2H3. The molecule has 2 nitrogen and oxygen atoms in total. The lowest BCUT2D eigenvalue weighted by Gasteiger charge is -2.27. The third-order valence-electron chi connectivity index (χ3n) is 3.71. The van der Waals surface area contributed by atoms with Crippen LogP contribution in [0.4, 0.5) is 5.69 Å². The first-order valence-electron chi connectivity index (χ1n) is 7.52. The van der Waals surface area contributed by atoms with Crippen LogP contribution in [0.2, 0.25) is 5.02 Å². The van der Waals surface area contributed by atoms with E-state index in [1.54, 1.807) is 0 Å². The summed E-state index contributed by atoms with van der Waals surface area (Å²) in [6.07, 6.45) is 5.08. The van der Waals surface area contributed by atoms with Crippen molar-refractivity contribution in [3.05, 3.63) is 28.8 Å². The molecule has 0 bridgehead atoms. The number of nitrogens with zero attached hydrogens (tertiary/aromatic N) is 1. The summed E-state index contributed by atoms with van der Waals surface area (Å²) >= 11 is 6.44. The van der Waals surface area contributed by atoms with Crippen LogP contribution in [0.1, 0.15) is 45.1 Å². The number of benzene rings is 1. The summed E-state index contributed by atoms with van der Waals surface area (Å²) in [6, 6.07) is 7.00. The molecule has 1 aliphatic rings. The van der Waals surface area contributed by atoms with Gasteiger partial charge in [-0.15, -0.1) is 0 Å². The molecule has 0 spiro atoms. The van der Waals surface area contributed by atoms with Crippen molar-refractivity contribution in [2.24, 2.45) is 0 Å². The Morgan fingerprint density at radius 2 is 2.11 bits per heavy atom. The van der Waals surface area contributed by atoms with E-state index < -0.39 is 0 Å². The summed E-state index contributed by atoms with van der Waals surface area (Å²) in [7, 11) is 0. The summed E-state index contributed by atoms with van der Waals surface area (Å²) in [4.78, 5) is 2.41. The Bertz CT molecular complexity index is 402. The fourth-order valence-corrected chi connectivity index (χ4v) is 2.69. The topological polar surface area (TPSA) is 15.3 Å². The molecule has 1 fully saturated rings. The monoisotopic (exact) mass is 280 g/mol. The molecule has 3 heteroatoms. The van der Waals surface area contributed by atoms with Crippen molar-refractivity contribution in [3.63, 3.8) is 0 Å². The highest BCUT2D eigenvalue weighted by atomic mass is 35.5. The Balaban J connectivity index is 2.13. The number of rotatable bonds is 8. The van der Waals surface area contributed by atoms with E-state index in [9.17, 15) is 0 Å². The molecule has 0 atom stereocenters. The van der Waals surface area contributed by atoms with Gasteiger partial charge in [0.2, 0.25) is 0 Å². The van der Waals surface area contributed by atoms with Crippen LogP contribution in [0.25, 0.3) is 0 Å². The highest BCUT2D eigenvalue weighted by Gasteiger charge is 2.21. The van der Waals surface area contributed by atoms with E-state index >= 15 is 0 Å². The highest BCUT2D eigenvalue weighted by molar-refractivity contribution is 6.33.